The van der Waals surface area contributed by atoms with Crippen molar-refractivity contribution >= 4 is 31.7 Å². The lowest BCUT2D eigenvalue weighted by atomic mass is 10.1. The van der Waals surface area contributed by atoms with Crippen LogP contribution in [-0.2, 0) is 16.4 Å². The van der Waals surface area contributed by atoms with Crippen LogP contribution in [-0.4, -0.2) is 55.9 Å². The molecule has 2 aliphatic rings. The molecule has 2 fully saturated rings. The van der Waals surface area contributed by atoms with Crippen LogP contribution in [0.4, 0.5) is 0 Å². The second-order valence-electron chi connectivity index (χ2n) is 7.48. The van der Waals surface area contributed by atoms with Gasteiger partial charge in [0.15, 0.2) is 15.6 Å². The molecule has 1 amide bonds. The minimum atomic E-state index is -3.16. The number of carbonyl (C=O) groups excluding carboxylic acids is 1. The zero-order valence-electron chi connectivity index (χ0n) is 15.8. The zero-order chi connectivity index (χ0) is 20.4. The lowest BCUT2D eigenvalue weighted by Crippen LogP contribution is -2.50. The SMILES string of the molecule is O=C(N[C@@H]1CS(=O)(=O)C[C@@H]1N1CCCC1)c1ccc(COc2ccc(Br)cc2)o1. The third-order valence-corrected chi connectivity index (χ3v) is 7.57. The van der Waals surface area contributed by atoms with Crippen molar-refractivity contribution in [1.82, 2.24) is 10.2 Å². The number of sulfone groups is 1. The first-order valence-electron chi connectivity index (χ1n) is 9.62. The van der Waals surface area contributed by atoms with Gasteiger partial charge in [-0.15, -0.1) is 0 Å². The minimum absolute atomic E-state index is 0.0276. The average molecular weight is 483 g/mol. The molecular formula is C20H23BrN2O5S. The number of nitrogens with one attached hydrogen (secondary N) is 1. The van der Waals surface area contributed by atoms with E-state index in [0.717, 1.165) is 30.4 Å². The summed E-state index contributed by atoms with van der Waals surface area (Å²) in [5.41, 5.74) is 0. The molecule has 4 rings (SSSR count). The van der Waals surface area contributed by atoms with E-state index in [1.807, 2.05) is 24.3 Å². The molecule has 0 unspecified atom stereocenters. The van der Waals surface area contributed by atoms with E-state index in [4.69, 9.17) is 9.15 Å². The number of rotatable bonds is 6. The Balaban J connectivity index is 1.37. The van der Waals surface area contributed by atoms with Gasteiger partial charge in [0.1, 0.15) is 18.1 Å². The Bertz CT molecular complexity index is 967. The minimum Gasteiger partial charge on any atom is -0.486 e. The van der Waals surface area contributed by atoms with Crippen LogP contribution in [0.3, 0.4) is 0 Å². The van der Waals surface area contributed by atoms with Gasteiger partial charge in [-0.05, 0) is 62.3 Å². The molecule has 0 spiro atoms. The normalized spacial score (nSPS) is 23.9. The summed E-state index contributed by atoms with van der Waals surface area (Å²) in [7, 11) is -3.16. The van der Waals surface area contributed by atoms with Gasteiger partial charge in [-0.1, -0.05) is 15.9 Å². The van der Waals surface area contributed by atoms with E-state index >= 15 is 0 Å². The maximum Gasteiger partial charge on any atom is 0.287 e. The molecule has 0 bridgehead atoms. The first kappa shape index (κ1) is 20.4. The van der Waals surface area contributed by atoms with E-state index in [9.17, 15) is 13.2 Å². The highest BCUT2D eigenvalue weighted by atomic mass is 79.9. The van der Waals surface area contributed by atoms with Crippen LogP contribution < -0.4 is 10.1 Å². The van der Waals surface area contributed by atoms with Gasteiger partial charge in [0.2, 0.25) is 0 Å². The summed E-state index contributed by atoms with van der Waals surface area (Å²) in [6.45, 7) is 1.96. The molecule has 0 saturated carbocycles. The molecule has 1 aromatic heterocycles. The van der Waals surface area contributed by atoms with E-state index in [0.29, 0.717) is 11.5 Å². The third kappa shape index (κ3) is 5.02. The molecule has 2 aliphatic heterocycles. The summed E-state index contributed by atoms with van der Waals surface area (Å²) in [5, 5.41) is 2.87. The molecule has 2 saturated heterocycles. The molecule has 7 nitrogen and oxygen atoms in total. The molecule has 156 valence electrons. The van der Waals surface area contributed by atoms with Crippen LogP contribution in [0.25, 0.3) is 0 Å². The molecule has 3 heterocycles. The van der Waals surface area contributed by atoms with E-state index in [2.05, 4.69) is 26.1 Å². The summed E-state index contributed by atoms with van der Waals surface area (Å²) in [5.74, 6) is 1.05. The standard InChI is InChI=1S/C20H23BrN2O5S/c21-14-3-5-15(6-4-14)27-11-16-7-8-19(28-16)20(24)22-17-12-29(25,26)13-18(17)23-9-1-2-10-23/h3-8,17-18H,1-2,9-13H2,(H,22,24)/t17-,18+/m1/s1. The van der Waals surface area contributed by atoms with Crippen LogP contribution in [0.1, 0.15) is 29.2 Å². The van der Waals surface area contributed by atoms with Crippen molar-refractivity contribution in [2.45, 2.75) is 31.5 Å². The van der Waals surface area contributed by atoms with Gasteiger partial charge in [-0.3, -0.25) is 9.69 Å². The highest BCUT2D eigenvalue weighted by Gasteiger charge is 2.42. The Hall–Kier alpha value is -1.84. The van der Waals surface area contributed by atoms with Gasteiger partial charge in [0.25, 0.3) is 5.91 Å². The summed E-state index contributed by atoms with van der Waals surface area (Å²) in [6.07, 6.45) is 2.13. The number of carbonyl (C=O) groups is 1. The fraction of sp³-hybridized carbons (Fsp3) is 0.450. The lowest BCUT2D eigenvalue weighted by molar-refractivity contribution is 0.0886. The predicted molar refractivity (Wildman–Crippen MR) is 112 cm³/mol. The van der Waals surface area contributed by atoms with Crippen molar-refractivity contribution in [3.05, 3.63) is 52.4 Å². The van der Waals surface area contributed by atoms with Crippen LogP contribution in [0.5, 0.6) is 5.75 Å². The summed E-state index contributed by atoms with van der Waals surface area (Å²) >= 11 is 3.37. The summed E-state index contributed by atoms with van der Waals surface area (Å²) < 4.78 is 36.5. The van der Waals surface area contributed by atoms with Gasteiger partial charge in [0, 0.05) is 10.5 Å². The van der Waals surface area contributed by atoms with Crippen molar-refractivity contribution < 1.29 is 22.4 Å². The first-order valence-corrected chi connectivity index (χ1v) is 12.2. The van der Waals surface area contributed by atoms with Crippen LogP contribution in [0.15, 0.2) is 45.3 Å². The van der Waals surface area contributed by atoms with Gasteiger partial charge in [0.05, 0.1) is 17.5 Å². The van der Waals surface area contributed by atoms with Gasteiger partial charge in [-0.25, -0.2) is 8.42 Å². The van der Waals surface area contributed by atoms with Crippen LogP contribution in [0.2, 0.25) is 0 Å². The molecule has 1 aromatic carbocycles. The summed E-state index contributed by atoms with van der Waals surface area (Å²) in [4.78, 5) is 14.8. The second-order valence-corrected chi connectivity index (χ2v) is 10.5. The molecule has 1 N–H and O–H groups in total. The second kappa shape index (κ2) is 8.49. The van der Waals surface area contributed by atoms with E-state index in [-0.39, 0.29) is 29.9 Å². The number of benzene rings is 1. The van der Waals surface area contributed by atoms with Crippen molar-refractivity contribution in [1.29, 1.82) is 0 Å². The maximum absolute atomic E-state index is 12.6. The van der Waals surface area contributed by atoms with Crippen molar-refractivity contribution in [3.8, 4) is 5.75 Å². The van der Waals surface area contributed by atoms with Gasteiger partial charge in [-0.2, -0.15) is 0 Å². The fourth-order valence-electron chi connectivity index (χ4n) is 3.90. The third-order valence-electron chi connectivity index (χ3n) is 5.33. The molecule has 9 heteroatoms. The lowest BCUT2D eigenvalue weighted by Gasteiger charge is -2.28. The average Bonchev–Trinajstić information content (AvgIpc) is 3.41. The molecule has 29 heavy (non-hydrogen) atoms. The molecule has 0 aliphatic carbocycles. The van der Waals surface area contributed by atoms with Crippen LogP contribution in [0, 0.1) is 0 Å². The number of ether oxygens (including phenoxy) is 1. The Morgan fingerprint density at radius 3 is 2.59 bits per heavy atom. The molecule has 0 radical (unpaired) electrons. The first-order chi connectivity index (χ1) is 13.9. The number of halogens is 1. The number of hydrogen-bond donors (Lipinski definition) is 1. The van der Waals surface area contributed by atoms with E-state index in [1.165, 1.54) is 0 Å². The van der Waals surface area contributed by atoms with Gasteiger partial charge >= 0.3 is 0 Å². The molecule has 2 aromatic rings. The van der Waals surface area contributed by atoms with Crippen molar-refractivity contribution in [2.75, 3.05) is 24.6 Å². The number of nitrogens with zero attached hydrogens (tertiary/aromatic N) is 1. The Morgan fingerprint density at radius 1 is 1.14 bits per heavy atom. The fourth-order valence-corrected chi connectivity index (χ4v) is 6.12. The highest BCUT2D eigenvalue weighted by molar-refractivity contribution is 9.10. The Kier molecular flexibility index (Phi) is 5.98. The van der Waals surface area contributed by atoms with E-state index in [1.54, 1.807) is 12.1 Å². The quantitative estimate of drug-likeness (QED) is 0.680. The Morgan fingerprint density at radius 2 is 1.86 bits per heavy atom. The highest BCUT2D eigenvalue weighted by Crippen LogP contribution is 2.23. The molecular weight excluding hydrogens is 460 g/mol. The summed E-state index contributed by atoms with van der Waals surface area (Å²) in [6, 6.07) is 10.1. The number of amides is 1. The predicted octanol–water partition coefficient (Wildman–Crippen LogP) is 2.61. The molecule has 2 atom stereocenters. The van der Waals surface area contributed by atoms with Crippen molar-refractivity contribution in [3.63, 3.8) is 0 Å². The number of hydrogen-bond acceptors (Lipinski definition) is 6. The number of likely N-dealkylation sites (tertiary alicyclic amines) is 1. The van der Waals surface area contributed by atoms with E-state index < -0.39 is 21.8 Å². The topological polar surface area (TPSA) is 88.9 Å². The largest absolute Gasteiger partial charge is 0.486 e. The Labute approximate surface area is 178 Å². The zero-order valence-corrected chi connectivity index (χ0v) is 18.2. The monoisotopic (exact) mass is 482 g/mol. The van der Waals surface area contributed by atoms with Crippen LogP contribution >= 0.6 is 15.9 Å². The maximum atomic E-state index is 12.6. The van der Waals surface area contributed by atoms with Gasteiger partial charge < -0.3 is 14.5 Å². The smallest absolute Gasteiger partial charge is 0.287 e. The number of furan rings is 1. The van der Waals surface area contributed by atoms with Crippen molar-refractivity contribution in [2.24, 2.45) is 0 Å².